The molecule has 7 nitrogen and oxygen atoms in total. The standard InChI is InChI=1S/C21H37N5O2.HI/c1-5-17(6-2)19(26-11-13-27-14-12-26)16-25-21(22-4)24-15-18-9-8-10-23-20(18)28-7-3;/h8-10,17,19H,5-7,11-16H2,1-4H3,(H2,22,24,25);1H. The van der Waals surface area contributed by atoms with E-state index in [9.17, 15) is 0 Å². The number of hydrogen-bond acceptors (Lipinski definition) is 5. The van der Waals surface area contributed by atoms with Crippen molar-refractivity contribution in [2.45, 2.75) is 46.2 Å². The van der Waals surface area contributed by atoms with Crippen molar-refractivity contribution in [2.24, 2.45) is 10.9 Å². The summed E-state index contributed by atoms with van der Waals surface area (Å²) in [6, 6.07) is 4.44. The average Bonchev–Trinajstić information content (AvgIpc) is 2.75. The Morgan fingerprint density at radius 2 is 1.97 bits per heavy atom. The third-order valence-corrected chi connectivity index (χ3v) is 5.39. The van der Waals surface area contributed by atoms with Gasteiger partial charge in [-0.2, -0.15) is 0 Å². The molecular weight excluding hydrogens is 481 g/mol. The first-order valence-electron chi connectivity index (χ1n) is 10.6. The van der Waals surface area contributed by atoms with E-state index in [1.807, 2.05) is 26.1 Å². The molecule has 29 heavy (non-hydrogen) atoms. The van der Waals surface area contributed by atoms with Crippen molar-refractivity contribution in [1.29, 1.82) is 0 Å². The van der Waals surface area contributed by atoms with Crippen molar-refractivity contribution in [3.8, 4) is 5.88 Å². The van der Waals surface area contributed by atoms with E-state index in [2.05, 4.69) is 39.4 Å². The topological polar surface area (TPSA) is 71.0 Å². The van der Waals surface area contributed by atoms with Crippen LogP contribution >= 0.6 is 24.0 Å². The van der Waals surface area contributed by atoms with Crippen LogP contribution in [0.2, 0.25) is 0 Å². The predicted octanol–water partition coefficient (Wildman–Crippen LogP) is 2.90. The molecule has 2 heterocycles. The highest BCUT2D eigenvalue weighted by molar-refractivity contribution is 14.0. The molecule has 166 valence electrons. The molecule has 8 heteroatoms. The van der Waals surface area contributed by atoms with Gasteiger partial charge < -0.3 is 20.1 Å². The van der Waals surface area contributed by atoms with Gasteiger partial charge in [0.05, 0.1) is 19.8 Å². The first kappa shape index (κ1) is 25.9. The number of pyridine rings is 1. The van der Waals surface area contributed by atoms with Gasteiger partial charge in [-0.15, -0.1) is 24.0 Å². The molecule has 0 aromatic carbocycles. The Balaban J connectivity index is 0.00000420. The molecule has 0 saturated carbocycles. The summed E-state index contributed by atoms with van der Waals surface area (Å²) >= 11 is 0. The Kier molecular flexibility index (Phi) is 13.2. The van der Waals surface area contributed by atoms with Gasteiger partial charge in [0.15, 0.2) is 5.96 Å². The number of nitrogens with one attached hydrogen (secondary N) is 2. The lowest BCUT2D eigenvalue weighted by molar-refractivity contribution is 0.00272. The summed E-state index contributed by atoms with van der Waals surface area (Å²) in [7, 11) is 1.81. The number of aromatic nitrogens is 1. The first-order valence-corrected chi connectivity index (χ1v) is 10.6. The molecule has 0 amide bonds. The number of rotatable bonds is 10. The fourth-order valence-electron chi connectivity index (χ4n) is 3.76. The maximum absolute atomic E-state index is 5.61. The number of guanidine groups is 1. The van der Waals surface area contributed by atoms with Crippen molar-refractivity contribution in [1.82, 2.24) is 20.5 Å². The fraction of sp³-hybridized carbons (Fsp3) is 0.714. The van der Waals surface area contributed by atoms with Crippen LogP contribution in [0.4, 0.5) is 0 Å². The summed E-state index contributed by atoms with van der Waals surface area (Å²) in [6.07, 6.45) is 4.11. The molecule has 1 atom stereocenters. The third kappa shape index (κ3) is 8.25. The van der Waals surface area contributed by atoms with Crippen molar-refractivity contribution in [3.63, 3.8) is 0 Å². The molecule has 1 unspecified atom stereocenters. The minimum Gasteiger partial charge on any atom is -0.478 e. The van der Waals surface area contributed by atoms with E-state index in [0.29, 0.717) is 31.0 Å². The number of morpholine rings is 1. The quantitative estimate of drug-likeness (QED) is 0.282. The van der Waals surface area contributed by atoms with Crippen molar-refractivity contribution in [3.05, 3.63) is 23.9 Å². The van der Waals surface area contributed by atoms with E-state index in [0.717, 1.165) is 44.4 Å². The number of ether oxygens (including phenoxy) is 2. The van der Waals surface area contributed by atoms with Gasteiger partial charge in [-0.3, -0.25) is 9.89 Å². The molecule has 1 aliphatic rings. The zero-order valence-corrected chi connectivity index (χ0v) is 20.6. The number of halogens is 1. The SMILES string of the molecule is CCOc1ncccc1CNC(=NC)NCC(C(CC)CC)N1CCOCC1.I. The summed E-state index contributed by atoms with van der Waals surface area (Å²) in [5.41, 5.74) is 1.03. The Hall–Kier alpha value is -1.13. The van der Waals surface area contributed by atoms with Gasteiger partial charge in [-0.25, -0.2) is 4.98 Å². The molecule has 0 spiro atoms. The van der Waals surface area contributed by atoms with Crippen molar-refractivity contribution in [2.75, 3.05) is 46.5 Å². The second-order valence-electron chi connectivity index (χ2n) is 7.00. The van der Waals surface area contributed by atoms with Crippen LogP contribution in [0.1, 0.15) is 39.2 Å². The van der Waals surface area contributed by atoms with Crippen LogP contribution in [0, 0.1) is 5.92 Å². The monoisotopic (exact) mass is 519 g/mol. The van der Waals surface area contributed by atoms with Crippen LogP contribution in [0.25, 0.3) is 0 Å². The number of aliphatic imine (C=N–C) groups is 1. The molecule has 1 aromatic heterocycles. The Bertz CT molecular complexity index is 592. The van der Waals surface area contributed by atoms with Gasteiger partial charge in [0.2, 0.25) is 5.88 Å². The molecule has 0 aliphatic carbocycles. The van der Waals surface area contributed by atoms with Crippen molar-refractivity contribution < 1.29 is 9.47 Å². The maximum atomic E-state index is 5.61. The summed E-state index contributed by atoms with van der Waals surface area (Å²) in [5, 5.41) is 6.93. The summed E-state index contributed by atoms with van der Waals surface area (Å²) in [5.74, 6) is 2.14. The van der Waals surface area contributed by atoms with Crippen LogP contribution in [-0.4, -0.2) is 68.4 Å². The lowest BCUT2D eigenvalue weighted by Gasteiger charge is -2.39. The van der Waals surface area contributed by atoms with Crippen LogP contribution in [-0.2, 0) is 11.3 Å². The normalized spacial score (nSPS) is 16.2. The number of nitrogens with zero attached hydrogens (tertiary/aromatic N) is 3. The zero-order valence-electron chi connectivity index (χ0n) is 18.3. The third-order valence-electron chi connectivity index (χ3n) is 5.39. The zero-order chi connectivity index (χ0) is 20.2. The largest absolute Gasteiger partial charge is 0.478 e. The highest BCUT2D eigenvalue weighted by Gasteiger charge is 2.27. The lowest BCUT2D eigenvalue weighted by Crippen LogP contribution is -2.53. The molecule has 0 bridgehead atoms. The van der Waals surface area contributed by atoms with E-state index in [-0.39, 0.29) is 24.0 Å². The van der Waals surface area contributed by atoms with Gasteiger partial charge in [-0.1, -0.05) is 32.8 Å². The second kappa shape index (κ2) is 14.8. The molecule has 1 aromatic rings. The fourth-order valence-corrected chi connectivity index (χ4v) is 3.76. The molecule has 2 N–H and O–H groups in total. The smallest absolute Gasteiger partial charge is 0.218 e. The number of hydrogen-bond donors (Lipinski definition) is 2. The summed E-state index contributed by atoms with van der Waals surface area (Å²) in [6.45, 7) is 12.3. The highest BCUT2D eigenvalue weighted by Crippen LogP contribution is 2.19. The maximum Gasteiger partial charge on any atom is 0.218 e. The Morgan fingerprint density at radius 1 is 1.24 bits per heavy atom. The van der Waals surface area contributed by atoms with Gasteiger partial charge in [-0.05, 0) is 18.9 Å². The molecule has 0 radical (unpaired) electrons. The molecule has 1 fully saturated rings. The molecule has 1 aliphatic heterocycles. The predicted molar refractivity (Wildman–Crippen MR) is 129 cm³/mol. The highest BCUT2D eigenvalue weighted by atomic mass is 127. The summed E-state index contributed by atoms with van der Waals surface area (Å²) < 4.78 is 11.2. The van der Waals surface area contributed by atoms with Gasteiger partial charge in [0.1, 0.15) is 0 Å². The van der Waals surface area contributed by atoms with Crippen molar-refractivity contribution >= 4 is 29.9 Å². The van der Waals surface area contributed by atoms with Crippen LogP contribution < -0.4 is 15.4 Å². The summed E-state index contributed by atoms with van der Waals surface area (Å²) in [4.78, 5) is 11.3. The minimum atomic E-state index is 0. The Morgan fingerprint density at radius 3 is 2.59 bits per heavy atom. The van der Waals surface area contributed by atoms with Crippen LogP contribution in [0.15, 0.2) is 23.3 Å². The van der Waals surface area contributed by atoms with E-state index >= 15 is 0 Å². The average molecular weight is 519 g/mol. The minimum absolute atomic E-state index is 0. The van der Waals surface area contributed by atoms with E-state index < -0.39 is 0 Å². The van der Waals surface area contributed by atoms with E-state index in [4.69, 9.17) is 9.47 Å². The van der Waals surface area contributed by atoms with E-state index in [1.165, 1.54) is 12.8 Å². The lowest BCUT2D eigenvalue weighted by atomic mass is 9.92. The first-order chi connectivity index (χ1) is 13.7. The van der Waals surface area contributed by atoms with Crippen LogP contribution in [0.3, 0.4) is 0 Å². The molecular formula is C21H38IN5O2. The van der Waals surface area contributed by atoms with Gasteiger partial charge in [0, 0.05) is 51.0 Å². The Labute approximate surface area is 193 Å². The van der Waals surface area contributed by atoms with Gasteiger partial charge >= 0.3 is 0 Å². The molecule has 1 saturated heterocycles. The van der Waals surface area contributed by atoms with E-state index in [1.54, 1.807) is 6.20 Å². The van der Waals surface area contributed by atoms with Gasteiger partial charge in [0.25, 0.3) is 0 Å². The second-order valence-corrected chi connectivity index (χ2v) is 7.00. The molecule has 2 rings (SSSR count). The van der Waals surface area contributed by atoms with Crippen LogP contribution in [0.5, 0.6) is 5.88 Å².